The number of benzene rings is 1. The lowest BCUT2D eigenvalue weighted by Gasteiger charge is -2.22. The maximum Gasteiger partial charge on any atom is 0.254 e. The normalized spacial score (nSPS) is 17.9. The van der Waals surface area contributed by atoms with Crippen molar-refractivity contribution in [2.75, 3.05) is 26.3 Å². The van der Waals surface area contributed by atoms with E-state index in [4.69, 9.17) is 9.47 Å². The number of hydrogen-bond donors (Lipinski definition) is 0. The van der Waals surface area contributed by atoms with Crippen LogP contribution in [0, 0.1) is 6.92 Å². The van der Waals surface area contributed by atoms with E-state index < -0.39 is 0 Å². The summed E-state index contributed by atoms with van der Waals surface area (Å²) in [6.45, 7) is 4.81. The zero-order chi connectivity index (χ0) is 12.5. The van der Waals surface area contributed by atoms with E-state index in [2.05, 4.69) is 0 Å². The van der Waals surface area contributed by atoms with Gasteiger partial charge < -0.3 is 14.4 Å². The second kappa shape index (κ2) is 4.52. The number of ether oxygens (including phenoxy) is 2. The standard InChI is InChI=1S/C14H17NO3/c1-10-8-12-13(18-7-6-17-12)9-11(10)14(16)15-4-2-3-5-15/h8-9H,2-7H2,1H3. The Labute approximate surface area is 106 Å². The molecule has 1 saturated heterocycles. The molecule has 0 saturated carbocycles. The summed E-state index contributed by atoms with van der Waals surface area (Å²) >= 11 is 0. The fraction of sp³-hybridized carbons (Fsp3) is 0.500. The minimum atomic E-state index is 0.113. The minimum Gasteiger partial charge on any atom is -0.486 e. The molecule has 4 nitrogen and oxygen atoms in total. The van der Waals surface area contributed by atoms with Crippen molar-refractivity contribution in [3.8, 4) is 11.5 Å². The molecular formula is C14H17NO3. The highest BCUT2D eigenvalue weighted by Gasteiger charge is 2.23. The highest BCUT2D eigenvalue weighted by Crippen LogP contribution is 2.33. The van der Waals surface area contributed by atoms with Crippen LogP contribution in [0.5, 0.6) is 11.5 Å². The highest BCUT2D eigenvalue weighted by molar-refractivity contribution is 5.96. The lowest BCUT2D eigenvalue weighted by Crippen LogP contribution is -2.28. The van der Waals surface area contributed by atoms with Gasteiger partial charge in [-0.2, -0.15) is 0 Å². The molecule has 1 aromatic carbocycles. The first-order valence-electron chi connectivity index (χ1n) is 6.45. The number of fused-ring (bicyclic) bond motifs is 1. The molecule has 4 heteroatoms. The van der Waals surface area contributed by atoms with E-state index in [0.29, 0.717) is 19.0 Å². The van der Waals surface area contributed by atoms with Gasteiger partial charge in [-0.15, -0.1) is 0 Å². The number of carbonyl (C=O) groups excluding carboxylic acids is 1. The Morgan fingerprint density at radius 1 is 1.11 bits per heavy atom. The average molecular weight is 247 g/mol. The Morgan fingerprint density at radius 3 is 2.39 bits per heavy atom. The average Bonchev–Trinajstić information content (AvgIpc) is 2.91. The number of hydrogen-bond acceptors (Lipinski definition) is 3. The summed E-state index contributed by atoms with van der Waals surface area (Å²) < 4.78 is 11.1. The molecule has 0 atom stereocenters. The van der Waals surface area contributed by atoms with Crippen LogP contribution in [0.3, 0.4) is 0 Å². The Hall–Kier alpha value is -1.71. The van der Waals surface area contributed by atoms with Gasteiger partial charge in [0.2, 0.25) is 0 Å². The van der Waals surface area contributed by atoms with Gasteiger partial charge in [0.25, 0.3) is 5.91 Å². The summed E-state index contributed by atoms with van der Waals surface area (Å²) in [4.78, 5) is 14.3. The molecule has 1 aromatic rings. The second-order valence-corrected chi connectivity index (χ2v) is 4.81. The number of nitrogens with zero attached hydrogens (tertiary/aromatic N) is 1. The molecule has 2 aliphatic heterocycles. The van der Waals surface area contributed by atoms with E-state index in [1.54, 1.807) is 0 Å². The molecule has 0 aromatic heterocycles. The van der Waals surface area contributed by atoms with Crippen LogP contribution in [0.15, 0.2) is 12.1 Å². The van der Waals surface area contributed by atoms with E-state index in [-0.39, 0.29) is 5.91 Å². The summed E-state index contributed by atoms with van der Waals surface area (Å²) in [5, 5.41) is 0. The van der Waals surface area contributed by atoms with Crippen molar-refractivity contribution >= 4 is 5.91 Å². The summed E-state index contributed by atoms with van der Waals surface area (Å²) in [7, 11) is 0. The van der Waals surface area contributed by atoms with Crippen LogP contribution in [0.4, 0.5) is 0 Å². The van der Waals surface area contributed by atoms with Gasteiger partial charge in [-0.25, -0.2) is 0 Å². The van der Waals surface area contributed by atoms with Crippen LogP contribution in [0.25, 0.3) is 0 Å². The fourth-order valence-electron chi connectivity index (χ4n) is 2.51. The van der Waals surface area contributed by atoms with Crippen molar-refractivity contribution in [3.63, 3.8) is 0 Å². The molecule has 0 radical (unpaired) electrons. The minimum absolute atomic E-state index is 0.113. The van der Waals surface area contributed by atoms with Crippen molar-refractivity contribution in [1.82, 2.24) is 4.90 Å². The van der Waals surface area contributed by atoms with Gasteiger partial charge in [0, 0.05) is 18.7 Å². The van der Waals surface area contributed by atoms with E-state index >= 15 is 0 Å². The molecule has 18 heavy (non-hydrogen) atoms. The Morgan fingerprint density at radius 2 is 1.72 bits per heavy atom. The van der Waals surface area contributed by atoms with Gasteiger partial charge in [-0.1, -0.05) is 0 Å². The van der Waals surface area contributed by atoms with Gasteiger partial charge in [0.15, 0.2) is 11.5 Å². The van der Waals surface area contributed by atoms with Crippen LogP contribution in [0.2, 0.25) is 0 Å². The van der Waals surface area contributed by atoms with E-state index in [1.807, 2.05) is 24.0 Å². The van der Waals surface area contributed by atoms with Gasteiger partial charge in [0.1, 0.15) is 13.2 Å². The van der Waals surface area contributed by atoms with Crippen LogP contribution in [-0.2, 0) is 0 Å². The topological polar surface area (TPSA) is 38.8 Å². The Kier molecular flexibility index (Phi) is 2.86. The highest BCUT2D eigenvalue weighted by atomic mass is 16.6. The quantitative estimate of drug-likeness (QED) is 0.762. The lowest BCUT2D eigenvalue weighted by molar-refractivity contribution is 0.0791. The number of likely N-dealkylation sites (tertiary alicyclic amines) is 1. The first-order chi connectivity index (χ1) is 8.75. The zero-order valence-corrected chi connectivity index (χ0v) is 10.6. The predicted molar refractivity (Wildman–Crippen MR) is 67.3 cm³/mol. The molecule has 0 bridgehead atoms. The van der Waals surface area contributed by atoms with Gasteiger partial charge in [-0.05, 0) is 37.5 Å². The third-order valence-corrected chi connectivity index (χ3v) is 3.51. The monoisotopic (exact) mass is 247 g/mol. The van der Waals surface area contributed by atoms with E-state index in [9.17, 15) is 4.79 Å². The van der Waals surface area contributed by atoms with Crippen molar-refractivity contribution in [1.29, 1.82) is 0 Å². The third kappa shape index (κ3) is 1.92. The van der Waals surface area contributed by atoms with Crippen molar-refractivity contribution in [2.24, 2.45) is 0 Å². The molecule has 0 unspecified atom stereocenters. The summed E-state index contributed by atoms with van der Waals surface area (Å²) in [5.41, 5.74) is 1.69. The smallest absolute Gasteiger partial charge is 0.254 e. The predicted octanol–water partition coefficient (Wildman–Crippen LogP) is 2.00. The van der Waals surface area contributed by atoms with Crippen LogP contribution < -0.4 is 9.47 Å². The number of amides is 1. The van der Waals surface area contributed by atoms with Crippen molar-refractivity contribution in [3.05, 3.63) is 23.3 Å². The summed E-state index contributed by atoms with van der Waals surface area (Å²) in [6, 6.07) is 3.72. The maximum absolute atomic E-state index is 12.4. The van der Waals surface area contributed by atoms with E-state index in [1.165, 1.54) is 0 Å². The fourth-order valence-corrected chi connectivity index (χ4v) is 2.51. The van der Waals surface area contributed by atoms with Crippen LogP contribution in [0.1, 0.15) is 28.8 Å². The number of aryl methyl sites for hydroxylation is 1. The summed E-state index contributed by atoms with van der Waals surface area (Å²) in [6.07, 6.45) is 2.21. The second-order valence-electron chi connectivity index (χ2n) is 4.81. The molecule has 2 aliphatic rings. The largest absolute Gasteiger partial charge is 0.486 e. The molecular weight excluding hydrogens is 230 g/mol. The lowest BCUT2D eigenvalue weighted by atomic mass is 10.1. The Bertz CT molecular complexity index is 478. The van der Waals surface area contributed by atoms with Crippen molar-refractivity contribution < 1.29 is 14.3 Å². The molecule has 96 valence electrons. The van der Waals surface area contributed by atoms with Crippen molar-refractivity contribution in [2.45, 2.75) is 19.8 Å². The van der Waals surface area contributed by atoms with Crippen LogP contribution in [-0.4, -0.2) is 37.1 Å². The number of carbonyl (C=O) groups is 1. The maximum atomic E-state index is 12.4. The Balaban J connectivity index is 1.93. The molecule has 0 N–H and O–H groups in total. The number of rotatable bonds is 1. The zero-order valence-electron chi connectivity index (χ0n) is 10.6. The first kappa shape index (κ1) is 11.4. The molecule has 0 aliphatic carbocycles. The van der Waals surface area contributed by atoms with Crippen LogP contribution >= 0.6 is 0 Å². The SMILES string of the molecule is Cc1cc2c(cc1C(=O)N1CCCC1)OCCO2. The van der Waals surface area contributed by atoms with Gasteiger partial charge >= 0.3 is 0 Å². The van der Waals surface area contributed by atoms with Gasteiger partial charge in [0.05, 0.1) is 0 Å². The molecule has 1 fully saturated rings. The first-order valence-corrected chi connectivity index (χ1v) is 6.45. The molecule has 2 heterocycles. The molecule has 1 amide bonds. The third-order valence-electron chi connectivity index (χ3n) is 3.51. The van der Waals surface area contributed by atoms with E-state index in [0.717, 1.165) is 42.8 Å². The molecule has 3 rings (SSSR count). The molecule has 0 spiro atoms. The van der Waals surface area contributed by atoms with Gasteiger partial charge in [-0.3, -0.25) is 4.79 Å². The summed E-state index contributed by atoms with van der Waals surface area (Å²) in [5.74, 6) is 1.55.